The lowest BCUT2D eigenvalue weighted by atomic mass is 10.1. The third kappa shape index (κ3) is 2.72. The Bertz CT molecular complexity index is 582. The van der Waals surface area contributed by atoms with E-state index in [1.165, 1.54) is 4.90 Å². The molecule has 0 saturated carbocycles. The number of rotatable bonds is 2. The average Bonchev–Trinajstić information content (AvgIpc) is 2.76. The summed E-state index contributed by atoms with van der Waals surface area (Å²) in [4.78, 5) is 28.6. The van der Waals surface area contributed by atoms with Crippen molar-refractivity contribution in [1.82, 2.24) is 4.90 Å². The van der Waals surface area contributed by atoms with Crippen LogP contribution in [0.15, 0.2) is 18.2 Å². The first-order valence-corrected chi connectivity index (χ1v) is 8.49. The molecule has 0 radical (unpaired) electrons. The topological polar surface area (TPSA) is 40.6 Å². The minimum atomic E-state index is -0.265. The fourth-order valence-electron chi connectivity index (χ4n) is 3.10. The van der Waals surface area contributed by atoms with Crippen molar-refractivity contribution in [3.8, 4) is 0 Å². The molecule has 2 fully saturated rings. The molecule has 21 heavy (non-hydrogen) atoms. The lowest BCUT2D eigenvalue weighted by molar-refractivity contribution is -0.122. The lowest BCUT2D eigenvalue weighted by Gasteiger charge is -2.30. The number of aryl methyl sites for hydroxylation is 2. The van der Waals surface area contributed by atoms with Crippen LogP contribution in [-0.4, -0.2) is 47.4 Å². The number of carbonyl (C=O) groups is 2. The molecule has 2 saturated heterocycles. The molecular formula is C16H20N2O2S. The highest BCUT2D eigenvalue weighted by atomic mass is 32.2. The number of nitrogens with zero attached hydrogens (tertiary/aromatic N) is 2. The van der Waals surface area contributed by atoms with Gasteiger partial charge in [0.15, 0.2) is 0 Å². The summed E-state index contributed by atoms with van der Waals surface area (Å²) in [5.74, 6) is 1.96. The van der Waals surface area contributed by atoms with Crippen LogP contribution in [0.4, 0.5) is 5.69 Å². The van der Waals surface area contributed by atoms with Crippen molar-refractivity contribution in [3.63, 3.8) is 0 Å². The SMILES string of the molecule is Cc1ccc(N2C(=O)C[C@@H](N3CCSCC3)C2=O)c(C)c1. The maximum atomic E-state index is 12.7. The van der Waals surface area contributed by atoms with Crippen LogP contribution in [-0.2, 0) is 9.59 Å². The largest absolute Gasteiger partial charge is 0.290 e. The summed E-state index contributed by atoms with van der Waals surface area (Å²) in [5, 5.41) is 0. The predicted octanol–water partition coefficient (Wildman–Crippen LogP) is 1.98. The molecule has 1 atom stereocenters. The molecule has 0 bridgehead atoms. The third-order valence-corrected chi connectivity index (χ3v) is 5.14. The molecule has 5 heteroatoms. The van der Waals surface area contributed by atoms with Gasteiger partial charge in [-0.05, 0) is 25.5 Å². The molecule has 0 N–H and O–H groups in total. The molecule has 2 aliphatic heterocycles. The Morgan fingerprint density at radius 2 is 1.86 bits per heavy atom. The van der Waals surface area contributed by atoms with E-state index in [1.54, 1.807) is 0 Å². The van der Waals surface area contributed by atoms with Crippen molar-refractivity contribution < 1.29 is 9.59 Å². The van der Waals surface area contributed by atoms with E-state index in [-0.39, 0.29) is 17.9 Å². The standard InChI is InChI=1S/C16H20N2O2S/c1-11-3-4-13(12(2)9-11)18-15(19)10-14(16(18)20)17-5-7-21-8-6-17/h3-4,9,14H,5-8,10H2,1-2H3/t14-/m1/s1. The number of benzene rings is 1. The molecule has 0 aromatic heterocycles. The zero-order chi connectivity index (χ0) is 15.0. The molecule has 1 aromatic carbocycles. The van der Waals surface area contributed by atoms with E-state index >= 15 is 0 Å². The maximum absolute atomic E-state index is 12.7. The van der Waals surface area contributed by atoms with Gasteiger partial charge in [0.1, 0.15) is 0 Å². The molecular weight excluding hydrogens is 284 g/mol. The summed E-state index contributed by atoms with van der Waals surface area (Å²) in [7, 11) is 0. The van der Waals surface area contributed by atoms with Gasteiger partial charge in [-0.3, -0.25) is 14.5 Å². The highest BCUT2D eigenvalue weighted by Crippen LogP contribution is 2.29. The van der Waals surface area contributed by atoms with E-state index in [0.717, 1.165) is 41.4 Å². The summed E-state index contributed by atoms with van der Waals surface area (Å²) in [6.07, 6.45) is 0.316. The van der Waals surface area contributed by atoms with Crippen LogP contribution >= 0.6 is 11.8 Å². The van der Waals surface area contributed by atoms with Crippen molar-refractivity contribution in [2.45, 2.75) is 26.3 Å². The molecule has 2 aliphatic rings. The van der Waals surface area contributed by atoms with Crippen LogP contribution in [0.1, 0.15) is 17.5 Å². The van der Waals surface area contributed by atoms with E-state index in [0.29, 0.717) is 6.42 Å². The smallest absolute Gasteiger partial charge is 0.251 e. The first kappa shape index (κ1) is 14.6. The van der Waals surface area contributed by atoms with Gasteiger partial charge in [-0.25, -0.2) is 4.90 Å². The van der Waals surface area contributed by atoms with Crippen molar-refractivity contribution >= 4 is 29.3 Å². The fraction of sp³-hybridized carbons (Fsp3) is 0.500. The molecule has 112 valence electrons. The minimum absolute atomic E-state index is 0.0566. The van der Waals surface area contributed by atoms with E-state index in [4.69, 9.17) is 0 Å². The number of carbonyl (C=O) groups excluding carboxylic acids is 2. The average molecular weight is 304 g/mol. The Kier molecular flexibility index (Phi) is 4.04. The van der Waals surface area contributed by atoms with Gasteiger partial charge in [0.05, 0.1) is 18.2 Å². The zero-order valence-electron chi connectivity index (χ0n) is 12.5. The zero-order valence-corrected chi connectivity index (χ0v) is 13.3. The van der Waals surface area contributed by atoms with Crippen LogP contribution < -0.4 is 4.90 Å². The molecule has 2 heterocycles. The Labute approximate surface area is 129 Å². The lowest BCUT2D eigenvalue weighted by Crippen LogP contribution is -2.46. The van der Waals surface area contributed by atoms with E-state index in [9.17, 15) is 9.59 Å². The number of hydrogen-bond acceptors (Lipinski definition) is 4. The van der Waals surface area contributed by atoms with Crippen LogP contribution in [0.2, 0.25) is 0 Å². The van der Waals surface area contributed by atoms with Gasteiger partial charge in [0.2, 0.25) is 5.91 Å². The Morgan fingerprint density at radius 3 is 2.52 bits per heavy atom. The van der Waals surface area contributed by atoms with Crippen LogP contribution in [0.25, 0.3) is 0 Å². The normalized spacial score (nSPS) is 23.9. The van der Waals surface area contributed by atoms with Crippen LogP contribution in [0, 0.1) is 13.8 Å². The fourth-order valence-corrected chi connectivity index (χ4v) is 4.03. The quantitative estimate of drug-likeness (QED) is 0.784. The number of anilines is 1. The summed E-state index contributed by atoms with van der Waals surface area (Å²) in [6.45, 7) is 5.76. The van der Waals surface area contributed by atoms with Crippen molar-refractivity contribution in [1.29, 1.82) is 0 Å². The molecule has 1 aromatic rings. The van der Waals surface area contributed by atoms with Gasteiger partial charge >= 0.3 is 0 Å². The Balaban J connectivity index is 1.86. The van der Waals surface area contributed by atoms with Gasteiger partial charge < -0.3 is 0 Å². The van der Waals surface area contributed by atoms with Gasteiger partial charge in [-0.1, -0.05) is 17.7 Å². The van der Waals surface area contributed by atoms with Gasteiger partial charge in [-0.15, -0.1) is 0 Å². The van der Waals surface area contributed by atoms with Crippen LogP contribution in [0.5, 0.6) is 0 Å². The highest BCUT2D eigenvalue weighted by molar-refractivity contribution is 7.99. The second-order valence-electron chi connectivity index (χ2n) is 5.73. The second-order valence-corrected chi connectivity index (χ2v) is 6.95. The molecule has 0 spiro atoms. The first-order chi connectivity index (χ1) is 10.1. The number of amides is 2. The van der Waals surface area contributed by atoms with Crippen molar-refractivity contribution in [2.75, 3.05) is 29.5 Å². The molecule has 0 unspecified atom stereocenters. The molecule has 2 amide bonds. The minimum Gasteiger partial charge on any atom is -0.290 e. The van der Waals surface area contributed by atoms with Crippen molar-refractivity contribution in [2.24, 2.45) is 0 Å². The van der Waals surface area contributed by atoms with E-state index in [1.807, 2.05) is 43.8 Å². The Morgan fingerprint density at radius 1 is 1.14 bits per heavy atom. The second kappa shape index (κ2) is 5.81. The van der Waals surface area contributed by atoms with Crippen LogP contribution in [0.3, 0.4) is 0 Å². The van der Waals surface area contributed by atoms with Gasteiger partial charge in [0, 0.05) is 24.6 Å². The summed E-state index contributed by atoms with van der Waals surface area (Å²) in [6, 6.07) is 5.59. The number of thioether (sulfide) groups is 1. The highest BCUT2D eigenvalue weighted by Gasteiger charge is 2.43. The predicted molar refractivity (Wildman–Crippen MR) is 85.7 cm³/mol. The molecule has 4 nitrogen and oxygen atoms in total. The third-order valence-electron chi connectivity index (χ3n) is 4.20. The van der Waals surface area contributed by atoms with E-state index in [2.05, 4.69) is 4.90 Å². The first-order valence-electron chi connectivity index (χ1n) is 7.34. The molecule has 3 rings (SSSR count). The molecule has 0 aliphatic carbocycles. The number of imide groups is 1. The van der Waals surface area contributed by atoms with Gasteiger partial charge in [0.25, 0.3) is 5.91 Å². The Hall–Kier alpha value is -1.33. The van der Waals surface area contributed by atoms with E-state index < -0.39 is 0 Å². The van der Waals surface area contributed by atoms with Crippen molar-refractivity contribution in [3.05, 3.63) is 29.3 Å². The summed E-state index contributed by atoms with van der Waals surface area (Å²) < 4.78 is 0. The summed E-state index contributed by atoms with van der Waals surface area (Å²) in [5.41, 5.74) is 2.86. The maximum Gasteiger partial charge on any atom is 0.251 e. The monoisotopic (exact) mass is 304 g/mol. The van der Waals surface area contributed by atoms with Gasteiger partial charge in [-0.2, -0.15) is 11.8 Å². The number of hydrogen-bond donors (Lipinski definition) is 0. The summed E-state index contributed by atoms with van der Waals surface area (Å²) >= 11 is 1.91.